The standard InChI is InChI=1S/C17H18N4O4S/c22-26(23,14-5-2-1-3-6-14)21-10-8-20(9-11-21)13-16-18-19-17(25-16)15-7-4-12-24-15/h1-7,12H,8-11,13H2. The molecule has 3 heterocycles. The maximum Gasteiger partial charge on any atom is 0.283 e. The maximum absolute atomic E-state index is 12.6. The van der Waals surface area contributed by atoms with Crippen LogP contribution in [0.4, 0.5) is 0 Å². The van der Waals surface area contributed by atoms with Crippen LogP contribution in [0.1, 0.15) is 5.89 Å². The summed E-state index contributed by atoms with van der Waals surface area (Å²) in [5, 5.41) is 8.01. The number of aromatic nitrogens is 2. The predicted molar refractivity (Wildman–Crippen MR) is 92.5 cm³/mol. The Hall–Kier alpha value is -2.49. The summed E-state index contributed by atoms with van der Waals surface area (Å²) in [7, 11) is -3.44. The zero-order valence-electron chi connectivity index (χ0n) is 14.0. The Morgan fingerprint density at radius 1 is 0.962 bits per heavy atom. The highest BCUT2D eigenvalue weighted by Gasteiger charge is 2.28. The first-order chi connectivity index (χ1) is 12.6. The summed E-state index contributed by atoms with van der Waals surface area (Å²) in [6.07, 6.45) is 1.55. The molecule has 26 heavy (non-hydrogen) atoms. The Balaban J connectivity index is 1.37. The number of rotatable bonds is 5. The van der Waals surface area contributed by atoms with E-state index in [0.29, 0.717) is 55.2 Å². The highest BCUT2D eigenvalue weighted by Crippen LogP contribution is 2.20. The van der Waals surface area contributed by atoms with E-state index in [9.17, 15) is 8.42 Å². The minimum absolute atomic E-state index is 0.327. The summed E-state index contributed by atoms with van der Waals surface area (Å²) in [4.78, 5) is 2.42. The lowest BCUT2D eigenvalue weighted by atomic mass is 10.3. The van der Waals surface area contributed by atoms with Crippen LogP contribution in [0.3, 0.4) is 0 Å². The minimum Gasteiger partial charge on any atom is -0.459 e. The monoisotopic (exact) mass is 374 g/mol. The summed E-state index contributed by atoms with van der Waals surface area (Å²) in [6, 6.07) is 12.0. The molecule has 0 amide bonds. The molecule has 1 saturated heterocycles. The van der Waals surface area contributed by atoms with E-state index in [4.69, 9.17) is 8.83 Å². The molecule has 8 nitrogen and oxygen atoms in total. The lowest BCUT2D eigenvalue weighted by Crippen LogP contribution is -2.48. The van der Waals surface area contributed by atoms with E-state index in [1.165, 1.54) is 4.31 Å². The van der Waals surface area contributed by atoms with Crippen molar-refractivity contribution in [2.45, 2.75) is 11.4 Å². The molecular weight excluding hydrogens is 356 g/mol. The van der Waals surface area contributed by atoms with E-state index in [1.807, 2.05) is 0 Å². The highest BCUT2D eigenvalue weighted by atomic mass is 32.2. The third kappa shape index (κ3) is 3.41. The molecule has 0 spiro atoms. The molecular formula is C17H18N4O4S. The Labute approximate surface area is 151 Å². The molecule has 0 radical (unpaired) electrons. The molecule has 1 aliphatic rings. The van der Waals surface area contributed by atoms with Gasteiger partial charge in [-0.1, -0.05) is 18.2 Å². The van der Waals surface area contributed by atoms with Crippen LogP contribution >= 0.6 is 0 Å². The second-order valence-electron chi connectivity index (χ2n) is 5.97. The topological polar surface area (TPSA) is 92.7 Å². The van der Waals surface area contributed by atoms with Gasteiger partial charge in [-0.3, -0.25) is 4.90 Å². The number of piperazine rings is 1. The molecule has 136 valence electrons. The zero-order valence-corrected chi connectivity index (χ0v) is 14.8. The second-order valence-corrected chi connectivity index (χ2v) is 7.91. The molecule has 1 aromatic carbocycles. The predicted octanol–water partition coefficient (Wildman–Crippen LogP) is 1.84. The van der Waals surface area contributed by atoms with Crippen LogP contribution in [0.15, 0.2) is 62.5 Å². The molecule has 1 fully saturated rings. The largest absolute Gasteiger partial charge is 0.459 e. The van der Waals surface area contributed by atoms with Crippen molar-refractivity contribution in [3.63, 3.8) is 0 Å². The molecule has 4 rings (SSSR count). The number of sulfonamides is 1. The number of furan rings is 1. The van der Waals surface area contributed by atoms with E-state index in [-0.39, 0.29) is 0 Å². The van der Waals surface area contributed by atoms with Gasteiger partial charge in [0.2, 0.25) is 15.9 Å². The van der Waals surface area contributed by atoms with Crippen LogP contribution in [0.2, 0.25) is 0 Å². The van der Waals surface area contributed by atoms with Gasteiger partial charge in [0.25, 0.3) is 5.89 Å². The third-order valence-electron chi connectivity index (χ3n) is 4.27. The summed E-state index contributed by atoms with van der Waals surface area (Å²) in [6.45, 7) is 2.54. The van der Waals surface area contributed by atoms with E-state index >= 15 is 0 Å². The summed E-state index contributed by atoms with van der Waals surface area (Å²) >= 11 is 0. The molecule has 9 heteroatoms. The Morgan fingerprint density at radius 3 is 2.42 bits per heavy atom. The normalized spacial score (nSPS) is 16.8. The fourth-order valence-corrected chi connectivity index (χ4v) is 4.32. The van der Waals surface area contributed by atoms with Gasteiger partial charge in [0, 0.05) is 26.2 Å². The number of benzene rings is 1. The average molecular weight is 374 g/mol. The summed E-state index contributed by atoms with van der Waals surface area (Å²) in [5.74, 6) is 1.36. The Morgan fingerprint density at radius 2 is 1.73 bits per heavy atom. The SMILES string of the molecule is O=S(=O)(c1ccccc1)N1CCN(Cc2nnc(-c3ccco3)o2)CC1. The third-order valence-corrected chi connectivity index (χ3v) is 6.18. The molecule has 1 aliphatic heterocycles. The molecule has 0 aliphatic carbocycles. The second kappa shape index (κ2) is 7.02. The van der Waals surface area contributed by atoms with Crippen LogP contribution < -0.4 is 0 Å². The van der Waals surface area contributed by atoms with Crippen molar-refractivity contribution in [3.05, 3.63) is 54.6 Å². The van der Waals surface area contributed by atoms with Crippen LogP contribution in [-0.2, 0) is 16.6 Å². The fourth-order valence-electron chi connectivity index (χ4n) is 2.88. The van der Waals surface area contributed by atoms with E-state index in [2.05, 4.69) is 15.1 Å². The van der Waals surface area contributed by atoms with Crippen molar-refractivity contribution in [2.75, 3.05) is 26.2 Å². The van der Waals surface area contributed by atoms with Gasteiger partial charge in [0.05, 0.1) is 17.7 Å². The molecule has 0 N–H and O–H groups in total. The van der Waals surface area contributed by atoms with Gasteiger partial charge >= 0.3 is 0 Å². The van der Waals surface area contributed by atoms with Crippen molar-refractivity contribution < 1.29 is 17.3 Å². The molecule has 3 aromatic rings. The van der Waals surface area contributed by atoms with Gasteiger partial charge in [0.15, 0.2) is 5.76 Å². The zero-order chi connectivity index (χ0) is 18.0. The van der Waals surface area contributed by atoms with Gasteiger partial charge in [-0.25, -0.2) is 8.42 Å². The van der Waals surface area contributed by atoms with E-state index < -0.39 is 10.0 Å². The van der Waals surface area contributed by atoms with Crippen molar-refractivity contribution in [1.29, 1.82) is 0 Å². The van der Waals surface area contributed by atoms with Crippen LogP contribution in [0.5, 0.6) is 0 Å². The smallest absolute Gasteiger partial charge is 0.283 e. The van der Waals surface area contributed by atoms with Gasteiger partial charge in [-0.2, -0.15) is 4.31 Å². The Kier molecular flexibility index (Phi) is 4.58. The minimum atomic E-state index is -3.44. The van der Waals surface area contributed by atoms with Crippen LogP contribution in [0.25, 0.3) is 11.7 Å². The summed E-state index contributed by atoms with van der Waals surface area (Å²) in [5.41, 5.74) is 0. The average Bonchev–Trinajstić information content (AvgIpc) is 3.34. The van der Waals surface area contributed by atoms with Crippen LogP contribution in [-0.4, -0.2) is 54.0 Å². The first-order valence-corrected chi connectivity index (χ1v) is 9.71. The summed E-state index contributed by atoms with van der Waals surface area (Å²) < 4.78 is 37.6. The maximum atomic E-state index is 12.6. The first kappa shape index (κ1) is 17.0. The van der Waals surface area contributed by atoms with E-state index in [1.54, 1.807) is 48.7 Å². The molecule has 0 atom stereocenters. The highest BCUT2D eigenvalue weighted by molar-refractivity contribution is 7.89. The van der Waals surface area contributed by atoms with Crippen molar-refractivity contribution in [2.24, 2.45) is 0 Å². The number of hydrogen-bond acceptors (Lipinski definition) is 7. The van der Waals surface area contributed by atoms with Gasteiger partial charge in [0.1, 0.15) is 0 Å². The molecule has 0 bridgehead atoms. The van der Waals surface area contributed by atoms with Gasteiger partial charge in [-0.15, -0.1) is 10.2 Å². The number of nitrogens with zero attached hydrogens (tertiary/aromatic N) is 4. The number of hydrogen-bond donors (Lipinski definition) is 0. The Bertz CT molecular complexity index is 946. The quantitative estimate of drug-likeness (QED) is 0.673. The van der Waals surface area contributed by atoms with Crippen LogP contribution in [0, 0.1) is 0 Å². The molecule has 2 aromatic heterocycles. The molecule has 0 unspecified atom stereocenters. The van der Waals surface area contributed by atoms with Crippen molar-refractivity contribution in [1.82, 2.24) is 19.4 Å². The lowest BCUT2D eigenvalue weighted by molar-refractivity contribution is 0.168. The fraction of sp³-hybridized carbons (Fsp3) is 0.294. The van der Waals surface area contributed by atoms with Crippen molar-refractivity contribution in [3.8, 4) is 11.7 Å². The van der Waals surface area contributed by atoms with Gasteiger partial charge < -0.3 is 8.83 Å². The van der Waals surface area contributed by atoms with E-state index in [0.717, 1.165) is 0 Å². The molecule has 0 saturated carbocycles. The van der Waals surface area contributed by atoms with Crippen molar-refractivity contribution >= 4 is 10.0 Å². The first-order valence-electron chi connectivity index (χ1n) is 8.27. The van der Waals surface area contributed by atoms with Gasteiger partial charge in [-0.05, 0) is 24.3 Å². The lowest BCUT2D eigenvalue weighted by Gasteiger charge is -2.33.